The van der Waals surface area contributed by atoms with Crippen LogP contribution in [0.25, 0.3) is 5.57 Å². The minimum Gasteiger partial charge on any atom is -0.299 e. The zero-order valence-corrected chi connectivity index (χ0v) is 13.6. The average Bonchev–Trinajstić information content (AvgIpc) is 2.62. The first-order valence-corrected chi connectivity index (χ1v) is 8.16. The topological polar surface area (TPSA) is 16.1 Å². The van der Waals surface area contributed by atoms with Gasteiger partial charge in [-0.05, 0) is 36.2 Å². The molecule has 2 aromatic rings. The van der Waals surface area contributed by atoms with Gasteiger partial charge in [-0.3, -0.25) is 9.88 Å². The van der Waals surface area contributed by atoms with Crippen molar-refractivity contribution >= 4 is 22.7 Å². The zero-order chi connectivity index (χ0) is 15.4. The summed E-state index contributed by atoms with van der Waals surface area (Å²) >= 11 is 5.56. The van der Waals surface area contributed by atoms with E-state index in [4.69, 9.17) is 12.2 Å². The minimum absolute atomic E-state index is 0.854. The van der Waals surface area contributed by atoms with Crippen molar-refractivity contribution in [2.24, 2.45) is 0 Å². The lowest BCUT2D eigenvalue weighted by atomic mass is 10.0. The van der Waals surface area contributed by atoms with Crippen LogP contribution in [-0.4, -0.2) is 34.4 Å². The van der Waals surface area contributed by atoms with E-state index in [1.54, 1.807) is 0 Å². The smallest absolute Gasteiger partial charge is 0.0671 e. The first-order valence-electron chi connectivity index (χ1n) is 7.75. The number of hydrogen-bond donors (Lipinski definition) is 0. The van der Waals surface area contributed by atoms with Crippen LogP contribution in [0.4, 0.5) is 0 Å². The van der Waals surface area contributed by atoms with E-state index in [1.807, 2.05) is 36.5 Å². The van der Waals surface area contributed by atoms with E-state index in [9.17, 15) is 0 Å². The number of thiocarbonyl (C=S) groups is 1. The summed E-state index contributed by atoms with van der Waals surface area (Å²) in [6, 6.07) is 14.3. The fourth-order valence-electron chi connectivity index (χ4n) is 2.74. The molecule has 1 aliphatic heterocycles. The Labute approximate surface area is 137 Å². The lowest BCUT2D eigenvalue weighted by molar-refractivity contribution is 0.321. The van der Waals surface area contributed by atoms with E-state index in [1.165, 1.54) is 5.57 Å². The van der Waals surface area contributed by atoms with Crippen molar-refractivity contribution in [3.8, 4) is 0 Å². The molecule has 0 N–H and O–H groups in total. The summed E-state index contributed by atoms with van der Waals surface area (Å²) in [5, 5.41) is 0. The van der Waals surface area contributed by atoms with Gasteiger partial charge in [-0.25, -0.2) is 0 Å². The molecule has 0 saturated heterocycles. The molecule has 0 spiro atoms. The maximum absolute atomic E-state index is 5.56. The molecule has 1 aliphatic rings. The highest BCUT2D eigenvalue weighted by Gasteiger charge is 2.13. The molecule has 2 nitrogen and oxygen atoms in total. The van der Waals surface area contributed by atoms with Gasteiger partial charge in [-0.2, -0.15) is 0 Å². The van der Waals surface area contributed by atoms with Crippen LogP contribution in [0.15, 0.2) is 54.7 Å². The molecule has 0 fully saturated rings. The number of nitrogens with zero attached hydrogens (tertiary/aromatic N) is 2. The van der Waals surface area contributed by atoms with Crippen molar-refractivity contribution in [1.29, 1.82) is 0 Å². The predicted octanol–water partition coefficient (Wildman–Crippen LogP) is 3.96. The van der Waals surface area contributed by atoms with Gasteiger partial charge in [-0.15, -0.1) is 0 Å². The Bertz CT molecular complexity index is 674. The maximum atomic E-state index is 5.56. The molecule has 22 heavy (non-hydrogen) atoms. The first kappa shape index (κ1) is 15.1. The van der Waals surface area contributed by atoms with Crippen LogP contribution in [0.5, 0.6) is 0 Å². The molecule has 0 unspecified atom stereocenters. The van der Waals surface area contributed by atoms with E-state index in [0.29, 0.717) is 0 Å². The average molecular weight is 308 g/mol. The van der Waals surface area contributed by atoms with Crippen LogP contribution in [0.3, 0.4) is 0 Å². The summed E-state index contributed by atoms with van der Waals surface area (Å²) in [6.45, 7) is 5.44. The lowest BCUT2D eigenvalue weighted by Crippen LogP contribution is -2.29. The SMILES string of the molecule is CCN1CCC=C(c2ccc(C(=S)c3ccccc3)cn2)C1. The van der Waals surface area contributed by atoms with Crippen LogP contribution in [0.1, 0.15) is 30.2 Å². The number of aromatic nitrogens is 1. The normalized spacial score (nSPS) is 15.4. The molecule has 3 rings (SSSR count). The highest BCUT2D eigenvalue weighted by atomic mass is 32.1. The Morgan fingerprint density at radius 2 is 1.95 bits per heavy atom. The van der Waals surface area contributed by atoms with Gasteiger partial charge in [0.05, 0.1) is 10.6 Å². The Hall–Kier alpha value is -1.84. The van der Waals surface area contributed by atoms with Gasteiger partial charge in [0.2, 0.25) is 0 Å². The molecule has 0 atom stereocenters. The van der Waals surface area contributed by atoms with Gasteiger partial charge in [0.25, 0.3) is 0 Å². The lowest BCUT2D eigenvalue weighted by Gasteiger charge is -2.25. The van der Waals surface area contributed by atoms with Crippen LogP contribution in [0.2, 0.25) is 0 Å². The molecule has 1 aromatic carbocycles. The highest BCUT2D eigenvalue weighted by molar-refractivity contribution is 7.81. The van der Waals surface area contributed by atoms with Gasteiger partial charge in [0, 0.05) is 24.8 Å². The fourth-order valence-corrected chi connectivity index (χ4v) is 2.99. The predicted molar refractivity (Wildman–Crippen MR) is 96.2 cm³/mol. The summed E-state index contributed by atoms with van der Waals surface area (Å²) in [6.07, 6.45) is 5.31. The monoisotopic (exact) mass is 308 g/mol. The molecule has 0 saturated carbocycles. The quantitative estimate of drug-likeness (QED) is 0.628. The molecule has 1 aromatic heterocycles. The van der Waals surface area contributed by atoms with Gasteiger partial charge in [0.1, 0.15) is 0 Å². The molecule has 2 heterocycles. The zero-order valence-electron chi connectivity index (χ0n) is 12.8. The molecule has 0 bridgehead atoms. The Balaban J connectivity index is 1.79. The minimum atomic E-state index is 0.854. The van der Waals surface area contributed by atoms with Gasteiger partial charge in [-0.1, -0.05) is 55.5 Å². The maximum Gasteiger partial charge on any atom is 0.0671 e. The van der Waals surface area contributed by atoms with Crippen molar-refractivity contribution in [2.45, 2.75) is 13.3 Å². The van der Waals surface area contributed by atoms with E-state index in [-0.39, 0.29) is 0 Å². The van der Waals surface area contributed by atoms with E-state index < -0.39 is 0 Å². The summed E-state index contributed by atoms with van der Waals surface area (Å²) in [7, 11) is 0. The summed E-state index contributed by atoms with van der Waals surface area (Å²) in [5.74, 6) is 0. The Kier molecular flexibility index (Phi) is 4.76. The molecule has 112 valence electrons. The molecule has 0 radical (unpaired) electrons. The second-order valence-corrected chi connectivity index (χ2v) is 5.92. The second kappa shape index (κ2) is 6.95. The third-order valence-corrected chi connectivity index (χ3v) is 4.54. The summed E-state index contributed by atoms with van der Waals surface area (Å²) in [5.41, 5.74) is 4.47. The fraction of sp³-hybridized carbons (Fsp3) is 0.263. The molecular formula is C19H20N2S. The van der Waals surface area contributed by atoms with E-state index in [0.717, 1.165) is 47.7 Å². The highest BCUT2D eigenvalue weighted by Crippen LogP contribution is 2.20. The van der Waals surface area contributed by atoms with Gasteiger partial charge < -0.3 is 0 Å². The number of rotatable bonds is 4. The summed E-state index contributed by atoms with van der Waals surface area (Å²) < 4.78 is 0. The number of hydrogen-bond acceptors (Lipinski definition) is 3. The third kappa shape index (κ3) is 3.32. The van der Waals surface area contributed by atoms with Crippen LogP contribution >= 0.6 is 12.2 Å². The van der Waals surface area contributed by atoms with Crippen LogP contribution in [0, 0.1) is 0 Å². The largest absolute Gasteiger partial charge is 0.299 e. The number of pyridine rings is 1. The molecule has 0 amide bonds. The van der Waals surface area contributed by atoms with Crippen LogP contribution < -0.4 is 0 Å². The molecular weight excluding hydrogens is 288 g/mol. The van der Waals surface area contributed by atoms with Crippen LogP contribution in [-0.2, 0) is 0 Å². The van der Waals surface area contributed by atoms with Gasteiger partial charge >= 0.3 is 0 Å². The number of likely N-dealkylation sites (N-methyl/N-ethyl adjacent to an activating group) is 1. The Morgan fingerprint density at radius 3 is 2.64 bits per heavy atom. The van der Waals surface area contributed by atoms with Crippen molar-refractivity contribution in [2.75, 3.05) is 19.6 Å². The standard InChI is InChI=1S/C19H20N2S/c1-2-21-12-6-9-17(14-21)18-11-10-16(13-20-18)19(22)15-7-4-3-5-8-15/h3-5,7-11,13H,2,6,12,14H2,1H3. The first-order chi connectivity index (χ1) is 10.8. The number of benzene rings is 1. The van der Waals surface area contributed by atoms with Crippen molar-refractivity contribution in [1.82, 2.24) is 9.88 Å². The third-order valence-electron chi connectivity index (χ3n) is 4.07. The molecule has 3 heteroatoms. The van der Waals surface area contributed by atoms with Gasteiger partial charge in [0.15, 0.2) is 0 Å². The second-order valence-electron chi connectivity index (χ2n) is 5.51. The summed E-state index contributed by atoms with van der Waals surface area (Å²) in [4.78, 5) is 7.93. The van der Waals surface area contributed by atoms with Crippen molar-refractivity contribution < 1.29 is 0 Å². The van der Waals surface area contributed by atoms with Crippen molar-refractivity contribution in [3.05, 3.63) is 71.6 Å². The Morgan fingerprint density at radius 1 is 1.14 bits per heavy atom. The van der Waals surface area contributed by atoms with E-state index in [2.05, 4.69) is 35.0 Å². The van der Waals surface area contributed by atoms with Crippen molar-refractivity contribution in [3.63, 3.8) is 0 Å². The van der Waals surface area contributed by atoms with E-state index >= 15 is 0 Å². The molecule has 0 aliphatic carbocycles.